The molecule has 1 atom stereocenters. The van der Waals surface area contributed by atoms with E-state index in [0.29, 0.717) is 12.7 Å². The quantitative estimate of drug-likeness (QED) is 0.917. The normalized spacial score (nSPS) is 19.6. The lowest BCUT2D eigenvalue weighted by atomic mass is 10.1. The number of carbonyl (C=O) groups is 1. The second kappa shape index (κ2) is 6.89. The Kier molecular flexibility index (Phi) is 4.85. The van der Waals surface area contributed by atoms with Crippen molar-refractivity contribution in [2.45, 2.75) is 39.3 Å². The minimum atomic E-state index is -0.438. The molecule has 0 aliphatic carbocycles. The van der Waals surface area contributed by atoms with Crippen molar-refractivity contribution in [1.82, 2.24) is 10.2 Å². The van der Waals surface area contributed by atoms with Gasteiger partial charge < -0.3 is 24.4 Å². The number of hydrogen-bond acceptors (Lipinski definition) is 5. The van der Waals surface area contributed by atoms with Gasteiger partial charge >= 0.3 is 6.09 Å². The number of nitrogens with zero attached hydrogens (tertiary/aromatic N) is 1. The Morgan fingerprint density at radius 2 is 2.12 bits per heavy atom. The molecule has 6 heteroatoms. The van der Waals surface area contributed by atoms with Crippen molar-refractivity contribution in [2.24, 2.45) is 5.92 Å². The second-order valence-electron chi connectivity index (χ2n) is 7.40. The molecule has 1 fully saturated rings. The summed E-state index contributed by atoms with van der Waals surface area (Å²) >= 11 is 0. The van der Waals surface area contributed by atoms with Crippen LogP contribution in [0.4, 0.5) is 4.79 Å². The molecule has 1 N–H and O–H groups in total. The number of hydrogen-bond donors (Lipinski definition) is 1. The first-order valence-corrected chi connectivity index (χ1v) is 8.48. The highest BCUT2D eigenvalue weighted by molar-refractivity contribution is 5.68. The SMILES string of the molecule is CC(C)(C)OC(=O)N1CCC(CNCc2ccc3c(c2)OCO3)C1. The average molecular weight is 334 g/mol. The van der Waals surface area contributed by atoms with E-state index in [4.69, 9.17) is 14.2 Å². The molecule has 2 heterocycles. The van der Waals surface area contributed by atoms with Crippen molar-refractivity contribution in [3.8, 4) is 11.5 Å². The van der Waals surface area contributed by atoms with Gasteiger partial charge in [-0.3, -0.25) is 0 Å². The second-order valence-corrected chi connectivity index (χ2v) is 7.40. The molecule has 1 unspecified atom stereocenters. The van der Waals surface area contributed by atoms with E-state index < -0.39 is 5.60 Å². The summed E-state index contributed by atoms with van der Waals surface area (Å²) in [5, 5.41) is 3.47. The van der Waals surface area contributed by atoms with Crippen molar-refractivity contribution >= 4 is 6.09 Å². The molecular weight excluding hydrogens is 308 g/mol. The van der Waals surface area contributed by atoms with Gasteiger partial charge in [0.15, 0.2) is 11.5 Å². The molecule has 1 aromatic carbocycles. The largest absolute Gasteiger partial charge is 0.454 e. The van der Waals surface area contributed by atoms with E-state index in [1.165, 1.54) is 5.56 Å². The van der Waals surface area contributed by atoms with E-state index in [1.54, 1.807) is 4.90 Å². The fraction of sp³-hybridized carbons (Fsp3) is 0.611. The maximum Gasteiger partial charge on any atom is 0.410 e. The third-order valence-electron chi connectivity index (χ3n) is 4.14. The van der Waals surface area contributed by atoms with Gasteiger partial charge in [0.25, 0.3) is 0 Å². The zero-order valence-electron chi connectivity index (χ0n) is 14.6. The zero-order valence-corrected chi connectivity index (χ0v) is 14.6. The van der Waals surface area contributed by atoms with Gasteiger partial charge in [-0.25, -0.2) is 4.79 Å². The van der Waals surface area contributed by atoms with Crippen molar-refractivity contribution in [1.29, 1.82) is 0 Å². The average Bonchev–Trinajstić information content (AvgIpc) is 3.13. The first kappa shape index (κ1) is 16.9. The topological polar surface area (TPSA) is 60.0 Å². The number of fused-ring (bicyclic) bond motifs is 1. The fourth-order valence-corrected chi connectivity index (χ4v) is 2.96. The molecule has 24 heavy (non-hydrogen) atoms. The molecule has 1 amide bonds. The maximum atomic E-state index is 12.1. The number of rotatable bonds is 4. The molecule has 0 bridgehead atoms. The number of nitrogens with one attached hydrogen (secondary N) is 1. The van der Waals surface area contributed by atoms with Gasteiger partial charge in [0.2, 0.25) is 6.79 Å². The lowest BCUT2D eigenvalue weighted by Gasteiger charge is -2.24. The Hall–Kier alpha value is -1.95. The van der Waals surface area contributed by atoms with Gasteiger partial charge in [0.05, 0.1) is 0 Å². The zero-order chi connectivity index (χ0) is 17.2. The summed E-state index contributed by atoms with van der Waals surface area (Å²) < 4.78 is 16.1. The van der Waals surface area contributed by atoms with E-state index in [9.17, 15) is 4.79 Å². The van der Waals surface area contributed by atoms with Crippen molar-refractivity contribution in [2.75, 3.05) is 26.4 Å². The van der Waals surface area contributed by atoms with Crippen molar-refractivity contribution in [3.63, 3.8) is 0 Å². The Bertz CT molecular complexity index is 597. The molecule has 3 rings (SSSR count). The first-order valence-electron chi connectivity index (χ1n) is 8.48. The van der Waals surface area contributed by atoms with E-state index in [-0.39, 0.29) is 6.09 Å². The number of amides is 1. The molecule has 1 saturated heterocycles. The molecule has 2 aliphatic heterocycles. The number of likely N-dealkylation sites (tertiary alicyclic amines) is 1. The predicted molar refractivity (Wildman–Crippen MR) is 90.2 cm³/mol. The Morgan fingerprint density at radius 1 is 1.33 bits per heavy atom. The fourth-order valence-electron chi connectivity index (χ4n) is 2.96. The highest BCUT2D eigenvalue weighted by Crippen LogP contribution is 2.32. The van der Waals surface area contributed by atoms with E-state index in [1.807, 2.05) is 39.0 Å². The number of carbonyl (C=O) groups excluding carboxylic acids is 1. The van der Waals surface area contributed by atoms with Gasteiger partial charge in [-0.2, -0.15) is 0 Å². The molecular formula is C18H26N2O4. The summed E-state index contributed by atoms with van der Waals surface area (Å²) in [6.07, 6.45) is 0.800. The van der Waals surface area contributed by atoms with Crippen molar-refractivity contribution < 1.29 is 19.0 Å². The summed E-state index contributed by atoms with van der Waals surface area (Å²) in [6.45, 7) is 9.17. The molecule has 0 spiro atoms. The van der Waals surface area contributed by atoms with Crippen LogP contribution in [0.5, 0.6) is 11.5 Å². The first-order chi connectivity index (χ1) is 11.4. The molecule has 2 aliphatic rings. The van der Waals surface area contributed by atoms with Gasteiger partial charge in [-0.15, -0.1) is 0 Å². The third kappa shape index (κ3) is 4.32. The third-order valence-corrected chi connectivity index (χ3v) is 4.14. The highest BCUT2D eigenvalue weighted by Gasteiger charge is 2.29. The molecule has 0 radical (unpaired) electrons. The van der Waals surface area contributed by atoms with Crippen LogP contribution in [0.3, 0.4) is 0 Å². The Morgan fingerprint density at radius 3 is 2.92 bits per heavy atom. The molecule has 0 saturated carbocycles. The van der Waals surface area contributed by atoms with Crippen LogP contribution in [0, 0.1) is 5.92 Å². The molecule has 132 valence electrons. The summed E-state index contributed by atoms with van der Waals surface area (Å²) in [7, 11) is 0. The maximum absolute atomic E-state index is 12.1. The van der Waals surface area contributed by atoms with Crippen molar-refractivity contribution in [3.05, 3.63) is 23.8 Å². The van der Waals surface area contributed by atoms with Gasteiger partial charge in [-0.05, 0) is 50.8 Å². The Balaban J connectivity index is 1.41. The predicted octanol–water partition coefficient (Wildman–Crippen LogP) is 2.76. The van der Waals surface area contributed by atoms with Gasteiger partial charge in [-0.1, -0.05) is 6.07 Å². The summed E-state index contributed by atoms with van der Waals surface area (Å²) in [5.74, 6) is 2.08. The van der Waals surface area contributed by atoms with Gasteiger partial charge in [0, 0.05) is 26.2 Å². The van der Waals surface area contributed by atoms with Crippen LogP contribution < -0.4 is 14.8 Å². The number of ether oxygens (including phenoxy) is 3. The number of benzene rings is 1. The van der Waals surface area contributed by atoms with Gasteiger partial charge in [0.1, 0.15) is 5.60 Å². The summed E-state index contributed by atoms with van der Waals surface area (Å²) in [5.41, 5.74) is 0.730. The van der Waals surface area contributed by atoms with E-state index >= 15 is 0 Å². The van der Waals surface area contributed by atoms with Crippen LogP contribution in [-0.2, 0) is 11.3 Å². The smallest absolute Gasteiger partial charge is 0.410 e. The van der Waals surface area contributed by atoms with E-state index in [0.717, 1.165) is 44.1 Å². The lowest BCUT2D eigenvalue weighted by molar-refractivity contribution is 0.0288. The minimum Gasteiger partial charge on any atom is -0.454 e. The standard InChI is InChI=1S/C18H26N2O4/c1-18(2,3)24-17(21)20-7-6-14(11-20)10-19-9-13-4-5-15-16(8-13)23-12-22-15/h4-5,8,14,19H,6-7,9-12H2,1-3H3. The van der Waals surface area contributed by atoms with Crippen LogP contribution in [0.25, 0.3) is 0 Å². The van der Waals surface area contributed by atoms with Crippen LogP contribution in [0.2, 0.25) is 0 Å². The summed E-state index contributed by atoms with van der Waals surface area (Å²) in [6, 6.07) is 6.00. The van der Waals surface area contributed by atoms with Crippen LogP contribution in [-0.4, -0.2) is 43.0 Å². The highest BCUT2D eigenvalue weighted by atomic mass is 16.7. The van der Waals surface area contributed by atoms with Crippen LogP contribution in [0.1, 0.15) is 32.8 Å². The Labute approximate surface area is 143 Å². The van der Waals surface area contributed by atoms with Crippen LogP contribution >= 0.6 is 0 Å². The molecule has 6 nitrogen and oxygen atoms in total. The lowest BCUT2D eigenvalue weighted by Crippen LogP contribution is -2.36. The monoisotopic (exact) mass is 334 g/mol. The molecule has 0 aromatic heterocycles. The molecule has 1 aromatic rings. The van der Waals surface area contributed by atoms with Crippen LogP contribution in [0.15, 0.2) is 18.2 Å². The minimum absolute atomic E-state index is 0.208. The van der Waals surface area contributed by atoms with E-state index in [2.05, 4.69) is 5.32 Å². The summed E-state index contributed by atoms with van der Waals surface area (Å²) in [4.78, 5) is 13.9.